The largest absolute Gasteiger partial charge is 0.481 e. The quantitative estimate of drug-likeness (QED) is 0.706. The minimum absolute atomic E-state index is 0.174. The van der Waals surface area contributed by atoms with Crippen molar-refractivity contribution in [2.75, 3.05) is 0 Å². The highest BCUT2D eigenvalue weighted by atomic mass is 16.4. The van der Waals surface area contributed by atoms with Crippen molar-refractivity contribution in [3.05, 3.63) is 69.9 Å². The molecule has 1 amide bonds. The lowest BCUT2D eigenvalue weighted by atomic mass is 10.0. The van der Waals surface area contributed by atoms with E-state index in [1.165, 1.54) is 0 Å². The third-order valence-corrected chi connectivity index (χ3v) is 5.54. The van der Waals surface area contributed by atoms with E-state index >= 15 is 0 Å². The minimum atomic E-state index is -0.833. The summed E-state index contributed by atoms with van der Waals surface area (Å²) in [6.07, 6.45) is 1.57. The Morgan fingerprint density at radius 3 is 2.52 bits per heavy atom. The van der Waals surface area contributed by atoms with E-state index in [9.17, 15) is 14.4 Å². The fourth-order valence-electron chi connectivity index (χ4n) is 3.95. The van der Waals surface area contributed by atoms with E-state index in [0.29, 0.717) is 36.0 Å². The molecule has 29 heavy (non-hydrogen) atoms. The first-order valence-electron chi connectivity index (χ1n) is 9.61. The maximum atomic E-state index is 12.9. The summed E-state index contributed by atoms with van der Waals surface area (Å²) in [7, 11) is 0. The van der Waals surface area contributed by atoms with E-state index < -0.39 is 11.9 Å². The Hall–Kier alpha value is -3.41. The molecule has 0 unspecified atom stereocenters. The van der Waals surface area contributed by atoms with Gasteiger partial charge in [0.25, 0.3) is 5.91 Å². The summed E-state index contributed by atoms with van der Waals surface area (Å²) >= 11 is 0. The van der Waals surface area contributed by atoms with Gasteiger partial charge in [0.2, 0.25) is 0 Å². The van der Waals surface area contributed by atoms with E-state index in [4.69, 9.17) is 9.52 Å². The Morgan fingerprint density at radius 2 is 1.83 bits per heavy atom. The molecule has 1 heterocycles. The molecule has 6 nitrogen and oxygen atoms in total. The number of aliphatic carboxylic acids is 1. The number of amides is 1. The molecule has 2 atom stereocenters. The van der Waals surface area contributed by atoms with Gasteiger partial charge in [0.15, 0.2) is 11.0 Å². The maximum Gasteiger partial charge on any atom is 0.306 e. The molecule has 1 saturated carbocycles. The Balaban J connectivity index is 1.73. The smallest absolute Gasteiger partial charge is 0.306 e. The highest BCUT2D eigenvalue weighted by Crippen LogP contribution is 2.29. The van der Waals surface area contributed by atoms with Crippen molar-refractivity contribution < 1.29 is 19.1 Å². The van der Waals surface area contributed by atoms with Crippen molar-refractivity contribution in [3.8, 4) is 11.3 Å². The molecular weight excluding hydrogens is 370 g/mol. The van der Waals surface area contributed by atoms with Crippen LogP contribution in [-0.4, -0.2) is 23.0 Å². The first-order valence-corrected chi connectivity index (χ1v) is 9.61. The molecule has 3 aromatic rings. The number of carbonyl (C=O) groups excluding carboxylic acids is 1. The normalized spacial score (nSPS) is 18.7. The molecule has 2 N–H and O–H groups in total. The van der Waals surface area contributed by atoms with Gasteiger partial charge in [-0.15, -0.1) is 0 Å². The van der Waals surface area contributed by atoms with Crippen LogP contribution in [-0.2, 0) is 4.79 Å². The maximum absolute atomic E-state index is 12.9. The first-order chi connectivity index (χ1) is 14.0. The van der Waals surface area contributed by atoms with E-state index in [1.54, 1.807) is 25.1 Å². The number of fused-ring (bicyclic) bond motifs is 1. The van der Waals surface area contributed by atoms with Gasteiger partial charge in [0.1, 0.15) is 5.76 Å². The summed E-state index contributed by atoms with van der Waals surface area (Å²) in [6, 6.07) is 14.0. The molecule has 148 valence electrons. The van der Waals surface area contributed by atoms with Gasteiger partial charge < -0.3 is 14.8 Å². The fourth-order valence-corrected chi connectivity index (χ4v) is 3.95. The lowest BCUT2D eigenvalue weighted by Crippen LogP contribution is -2.33. The van der Waals surface area contributed by atoms with Crippen LogP contribution in [0.4, 0.5) is 0 Å². The van der Waals surface area contributed by atoms with Crippen molar-refractivity contribution in [1.82, 2.24) is 5.32 Å². The molecule has 0 radical (unpaired) electrons. The molecule has 1 aliphatic rings. The van der Waals surface area contributed by atoms with Crippen molar-refractivity contribution >= 4 is 22.8 Å². The Kier molecular flexibility index (Phi) is 4.92. The van der Waals surface area contributed by atoms with Gasteiger partial charge in [-0.2, -0.15) is 0 Å². The molecule has 1 aromatic heterocycles. The zero-order valence-corrected chi connectivity index (χ0v) is 16.0. The standard InChI is InChI=1S/C23H21NO5/c1-13-19(25)17-8-5-9-18(21(17)29-20(13)14-6-3-2-4-7-14)22(26)24-16-11-10-15(12-16)23(27)28/h2-9,15-16H,10-12H2,1H3,(H,24,26)(H,27,28)/t15-,16+/m1/s1. The van der Waals surface area contributed by atoms with Gasteiger partial charge in [-0.05, 0) is 38.3 Å². The van der Waals surface area contributed by atoms with E-state index in [2.05, 4.69) is 5.32 Å². The number of benzene rings is 2. The molecular formula is C23H21NO5. The summed E-state index contributed by atoms with van der Waals surface area (Å²) in [5.41, 5.74) is 1.59. The lowest BCUT2D eigenvalue weighted by molar-refractivity contribution is -0.141. The highest BCUT2D eigenvalue weighted by Gasteiger charge is 2.31. The average Bonchev–Trinajstić information content (AvgIpc) is 3.19. The van der Waals surface area contributed by atoms with Crippen molar-refractivity contribution in [2.24, 2.45) is 5.92 Å². The SMILES string of the molecule is Cc1c(-c2ccccc2)oc2c(C(=O)N[C@H]3CC[C@@H](C(=O)O)C3)cccc2c1=O. The van der Waals surface area contributed by atoms with Crippen molar-refractivity contribution in [1.29, 1.82) is 0 Å². The molecule has 0 bridgehead atoms. The third kappa shape index (κ3) is 3.53. The molecule has 1 aliphatic carbocycles. The number of carbonyl (C=O) groups is 2. The van der Waals surface area contributed by atoms with Crippen LogP contribution in [0, 0.1) is 12.8 Å². The first kappa shape index (κ1) is 18.9. The second kappa shape index (κ2) is 7.54. The molecule has 1 fully saturated rings. The molecule has 4 rings (SSSR count). The van der Waals surface area contributed by atoms with E-state index in [-0.39, 0.29) is 28.5 Å². The second-order valence-corrected chi connectivity index (χ2v) is 7.45. The number of nitrogens with one attached hydrogen (secondary N) is 1. The third-order valence-electron chi connectivity index (χ3n) is 5.54. The Morgan fingerprint density at radius 1 is 1.07 bits per heavy atom. The van der Waals surface area contributed by atoms with Crippen molar-refractivity contribution in [3.63, 3.8) is 0 Å². The van der Waals surface area contributed by atoms with Gasteiger partial charge in [-0.3, -0.25) is 14.4 Å². The summed E-state index contributed by atoms with van der Waals surface area (Å²) in [4.78, 5) is 37.0. The number of hydrogen-bond acceptors (Lipinski definition) is 4. The second-order valence-electron chi connectivity index (χ2n) is 7.45. The van der Waals surface area contributed by atoms with Crippen LogP contribution in [0.25, 0.3) is 22.3 Å². The fraction of sp³-hybridized carbons (Fsp3) is 0.261. The van der Waals surface area contributed by atoms with Gasteiger partial charge >= 0.3 is 5.97 Å². The van der Waals surface area contributed by atoms with Gasteiger partial charge in [0, 0.05) is 17.2 Å². The minimum Gasteiger partial charge on any atom is -0.481 e. The zero-order chi connectivity index (χ0) is 20.5. The van der Waals surface area contributed by atoms with Gasteiger partial charge in [0.05, 0.1) is 16.9 Å². The highest BCUT2D eigenvalue weighted by molar-refractivity contribution is 6.05. The van der Waals surface area contributed by atoms with Crippen LogP contribution in [0.3, 0.4) is 0 Å². The zero-order valence-electron chi connectivity index (χ0n) is 16.0. The number of carboxylic acid groups (broad SMARTS) is 1. The Bertz CT molecular complexity index is 1150. The van der Waals surface area contributed by atoms with Crippen LogP contribution in [0.1, 0.15) is 35.2 Å². The van der Waals surface area contributed by atoms with Crippen LogP contribution < -0.4 is 10.7 Å². The van der Waals surface area contributed by atoms with Gasteiger partial charge in [-0.1, -0.05) is 36.4 Å². The molecule has 2 aromatic carbocycles. The predicted octanol–water partition coefficient (Wildman–Crippen LogP) is 3.75. The van der Waals surface area contributed by atoms with Crippen LogP contribution >= 0.6 is 0 Å². The Labute approximate surface area is 167 Å². The molecule has 0 saturated heterocycles. The summed E-state index contributed by atoms with van der Waals surface area (Å²) in [5, 5.41) is 12.4. The lowest BCUT2D eigenvalue weighted by Gasteiger charge is -2.14. The number of para-hydroxylation sites is 1. The van der Waals surface area contributed by atoms with E-state index in [0.717, 1.165) is 5.56 Å². The summed E-state index contributed by atoms with van der Waals surface area (Å²) in [6.45, 7) is 1.71. The topological polar surface area (TPSA) is 96.6 Å². The van der Waals surface area contributed by atoms with Gasteiger partial charge in [-0.25, -0.2) is 0 Å². The van der Waals surface area contributed by atoms with Crippen LogP contribution in [0.2, 0.25) is 0 Å². The van der Waals surface area contributed by atoms with Crippen LogP contribution in [0.5, 0.6) is 0 Å². The average molecular weight is 391 g/mol. The predicted molar refractivity (Wildman–Crippen MR) is 109 cm³/mol. The van der Waals surface area contributed by atoms with Crippen LogP contribution in [0.15, 0.2) is 57.7 Å². The molecule has 0 aliphatic heterocycles. The van der Waals surface area contributed by atoms with E-state index in [1.807, 2.05) is 30.3 Å². The molecule has 0 spiro atoms. The number of carboxylic acids is 1. The van der Waals surface area contributed by atoms with Crippen molar-refractivity contribution in [2.45, 2.75) is 32.2 Å². The number of hydrogen-bond donors (Lipinski definition) is 2. The summed E-state index contributed by atoms with van der Waals surface area (Å²) < 4.78 is 6.08. The summed E-state index contributed by atoms with van der Waals surface area (Å²) in [5.74, 6) is -1.19. The monoisotopic (exact) mass is 391 g/mol. The molecule has 6 heteroatoms. The number of rotatable bonds is 4.